The second kappa shape index (κ2) is 4.75. The first-order valence-electron chi connectivity index (χ1n) is 5.12. The zero-order valence-corrected chi connectivity index (χ0v) is 10.9. The fraction of sp³-hybridized carbons (Fsp3) is 0.231. The maximum Gasteiger partial charge on any atom is 0.130 e. The molecule has 0 unspecified atom stereocenters. The molecule has 4 heteroatoms. The van der Waals surface area contributed by atoms with E-state index in [1.54, 1.807) is 21.3 Å². The second-order valence-corrected chi connectivity index (χ2v) is 4.09. The standard InChI is InChI=1S/C13H14O3S/c1-14-8-4-10-11(12(5-8)15-2)6-9(17)7-13(10)16-3/h4-7,17H,1-3H3. The van der Waals surface area contributed by atoms with Gasteiger partial charge in [0.05, 0.1) is 21.3 Å². The number of ether oxygens (including phenoxy) is 3. The Balaban J connectivity index is 2.83. The summed E-state index contributed by atoms with van der Waals surface area (Å²) in [4.78, 5) is 0.831. The summed E-state index contributed by atoms with van der Waals surface area (Å²) in [5, 5.41) is 1.90. The van der Waals surface area contributed by atoms with Crippen molar-refractivity contribution in [1.82, 2.24) is 0 Å². The van der Waals surface area contributed by atoms with Crippen molar-refractivity contribution in [2.45, 2.75) is 4.90 Å². The molecule has 0 atom stereocenters. The molecule has 0 spiro atoms. The van der Waals surface area contributed by atoms with Gasteiger partial charge in [0, 0.05) is 21.7 Å². The van der Waals surface area contributed by atoms with Crippen molar-refractivity contribution < 1.29 is 14.2 Å². The molecule has 90 valence electrons. The summed E-state index contributed by atoms with van der Waals surface area (Å²) in [6, 6.07) is 7.57. The summed E-state index contributed by atoms with van der Waals surface area (Å²) >= 11 is 4.35. The molecule has 0 aliphatic rings. The molecule has 2 aromatic carbocycles. The highest BCUT2D eigenvalue weighted by Gasteiger charge is 2.10. The average Bonchev–Trinajstić information content (AvgIpc) is 2.36. The maximum absolute atomic E-state index is 5.35. The molecule has 0 bridgehead atoms. The first-order chi connectivity index (χ1) is 8.19. The van der Waals surface area contributed by atoms with Gasteiger partial charge in [-0.15, -0.1) is 12.6 Å². The Labute approximate surface area is 106 Å². The summed E-state index contributed by atoms with van der Waals surface area (Å²) < 4.78 is 15.9. The van der Waals surface area contributed by atoms with E-state index in [1.165, 1.54) is 0 Å². The van der Waals surface area contributed by atoms with E-state index in [-0.39, 0.29) is 0 Å². The summed E-state index contributed by atoms with van der Waals surface area (Å²) in [6.07, 6.45) is 0. The molecule has 0 N–H and O–H groups in total. The zero-order chi connectivity index (χ0) is 12.4. The van der Waals surface area contributed by atoms with Gasteiger partial charge in [-0.1, -0.05) is 0 Å². The Hall–Kier alpha value is -1.55. The number of hydrogen-bond donors (Lipinski definition) is 1. The zero-order valence-electron chi connectivity index (χ0n) is 9.98. The van der Waals surface area contributed by atoms with Crippen LogP contribution in [0.2, 0.25) is 0 Å². The molecule has 0 fully saturated rings. The predicted molar refractivity (Wildman–Crippen MR) is 70.9 cm³/mol. The quantitative estimate of drug-likeness (QED) is 0.848. The SMILES string of the molecule is COc1cc(OC)c2cc(S)cc(OC)c2c1. The van der Waals surface area contributed by atoms with Crippen molar-refractivity contribution >= 4 is 23.4 Å². The third-order valence-electron chi connectivity index (χ3n) is 2.63. The lowest BCUT2D eigenvalue weighted by molar-refractivity contribution is 0.396. The minimum absolute atomic E-state index is 0.736. The average molecular weight is 250 g/mol. The number of fused-ring (bicyclic) bond motifs is 1. The highest BCUT2D eigenvalue weighted by atomic mass is 32.1. The maximum atomic E-state index is 5.35. The number of hydrogen-bond acceptors (Lipinski definition) is 4. The van der Waals surface area contributed by atoms with Crippen LogP contribution in [-0.2, 0) is 0 Å². The lowest BCUT2D eigenvalue weighted by Crippen LogP contribution is -1.91. The molecule has 0 heterocycles. The van der Waals surface area contributed by atoms with Crippen LogP contribution in [0.15, 0.2) is 29.2 Å². The Bertz CT molecular complexity index is 552. The van der Waals surface area contributed by atoms with E-state index < -0.39 is 0 Å². The monoisotopic (exact) mass is 250 g/mol. The molecule has 0 saturated heterocycles. The fourth-order valence-corrected chi connectivity index (χ4v) is 2.06. The topological polar surface area (TPSA) is 27.7 Å². The van der Waals surface area contributed by atoms with Crippen LogP contribution in [0, 0.1) is 0 Å². The molecule has 0 saturated carbocycles. The van der Waals surface area contributed by atoms with E-state index in [9.17, 15) is 0 Å². The molecule has 0 amide bonds. The Morgan fingerprint density at radius 3 is 1.94 bits per heavy atom. The second-order valence-electron chi connectivity index (χ2n) is 3.57. The van der Waals surface area contributed by atoms with Crippen LogP contribution in [0.4, 0.5) is 0 Å². The van der Waals surface area contributed by atoms with Crippen molar-refractivity contribution in [2.75, 3.05) is 21.3 Å². The third kappa shape index (κ3) is 2.13. The van der Waals surface area contributed by atoms with Crippen molar-refractivity contribution in [3.8, 4) is 17.2 Å². The molecular weight excluding hydrogens is 236 g/mol. The van der Waals surface area contributed by atoms with E-state index in [4.69, 9.17) is 14.2 Å². The summed E-state index contributed by atoms with van der Waals surface area (Å²) in [5.74, 6) is 2.23. The number of rotatable bonds is 3. The van der Waals surface area contributed by atoms with E-state index >= 15 is 0 Å². The van der Waals surface area contributed by atoms with Crippen molar-refractivity contribution in [2.24, 2.45) is 0 Å². The van der Waals surface area contributed by atoms with Crippen LogP contribution >= 0.6 is 12.6 Å². The van der Waals surface area contributed by atoms with Crippen LogP contribution in [0.3, 0.4) is 0 Å². The fourth-order valence-electron chi connectivity index (χ4n) is 1.81. The van der Waals surface area contributed by atoms with E-state index in [0.717, 1.165) is 32.9 Å². The van der Waals surface area contributed by atoms with Crippen LogP contribution in [-0.4, -0.2) is 21.3 Å². The molecule has 2 rings (SSSR count). The summed E-state index contributed by atoms with van der Waals surface area (Å²) in [7, 11) is 4.89. The van der Waals surface area contributed by atoms with Gasteiger partial charge in [0.15, 0.2) is 0 Å². The van der Waals surface area contributed by atoms with Gasteiger partial charge < -0.3 is 14.2 Å². The molecule has 2 aromatic rings. The normalized spacial score (nSPS) is 10.4. The minimum Gasteiger partial charge on any atom is -0.497 e. The number of benzene rings is 2. The van der Waals surface area contributed by atoms with Crippen molar-refractivity contribution in [3.05, 3.63) is 24.3 Å². The molecule has 3 nitrogen and oxygen atoms in total. The van der Waals surface area contributed by atoms with Gasteiger partial charge in [0.1, 0.15) is 17.2 Å². The van der Waals surface area contributed by atoms with E-state index in [2.05, 4.69) is 12.6 Å². The highest BCUT2D eigenvalue weighted by Crippen LogP contribution is 2.37. The van der Waals surface area contributed by atoms with Crippen LogP contribution in [0.5, 0.6) is 17.2 Å². The summed E-state index contributed by atoms with van der Waals surface area (Å²) in [5.41, 5.74) is 0. The Morgan fingerprint density at radius 2 is 1.35 bits per heavy atom. The van der Waals surface area contributed by atoms with Crippen molar-refractivity contribution in [1.29, 1.82) is 0 Å². The van der Waals surface area contributed by atoms with Gasteiger partial charge in [-0.2, -0.15) is 0 Å². The molecule has 0 aliphatic carbocycles. The number of thiol groups is 1. The first kappa shape index (κ1) is 11.9. The van der Waals surface area contributed by atoms with E-state index in [1.807, 2.05) is 24.3 Å². The smallest absolute Gasteiger partial charge is 0.130 e. The number of methoxy groups -OCH3 is 3. The Morgan fingerprint density at radius 1 is 0.765 bits per heavy atom. The molecule has 0 aliphatic heterocycles. The molecule has 17 heavy (non-hydrogen) atoms. The van der Waals surface area contributed by atoms with Gasteiger partial charge >= 0.3 is 0 Å². The van der Waals surface area contributed by atoms with Gasteiger partial charge in [-0.25, -0.2) is 0 Å². The van der Waals surface area contributed by atoms with Crippen molar-refractivity contribution in [3.63, 3.8) is 0 Å². The minimum atomic E-state index is 0.736. The van der Waals surface area contributed by atoms with Gasteiger partial charge in [0.2, 0.25) is 0 Å². The molecule has 0 radical (unpaired) electrons. The lowest BCUT2D eigenvalue weighted by atomic mass is 10.1. The van der Waals surface area contributed by atoms with Gasteiger partial charge in [-0.3, -0.25) is 0 Å². The van der Waals surface area contributed by atoms with Gasteiger partial charge in [-0.05, 0) is 18.2 Å². The van der Waals surface area contributed by atoms with Crippen LogP contribution in [0.1, 0.15) is 0 Å². The molecular formula is C13H14O3S. The summed E-state index contributed by atoms with van der Waals surface area (Å²) in [6.45, 7) is 0. The first-order valence-corrected chi connectivity index (χ1v) is 5.57. The van der Waals surface area contributed by atoms with Crippen LogP contribution in [0.25, 0.3) is 10.8 Å². The Kier molecular flexibility index (Phi) is 3.33. The van der Waals surface area contributed by atoms with E-state index in [0.29, 0.717) is 0 Å². The predicted octanol–water partition coefficient (Wildman–Crippen LogP) is 3.15. The highest BCUT2D eigenvalue weighted by molar-refractivity contribution is 7.80. The third-order valence-corrected chi connectivity index (χ3v) is 2.89. The largest absolute Gasteiger partial charge is 0.497 e. The lowest BCUT2D eigenvalue weighted by Gasteiger charge is -2.12. The van der Waals surface area contributed by atoms with Crippen LogP contribution < -0.4 is 14.2 Å². The molecule has 0 aromatic heterocycles. The van der Waals surface area contributed by atoms with Gasteiger partial charge in [0.25, 0.3) is 0 Å².